The number of anilines is 1. The molecule has 1 aromatic heterocycles. The normalized spacial score (nSPS) is 11.3. The van der Waals surface area contributed by atoms with Gasteiger partial charge in [-0.05, 0) is 17.7 Å². The Balaban J connectivity index is 2.22. The average molecular weight is 266 g/mol. The summed E-state index contributed by atoms with van der Waals surface area (Å²) in [5.41, 5.74) is 5.01. The lowest BCUT2D eigenvalue weighted by atomic mass is 10.1. The molecule has 0 unspecified atom stereocenters. The Morgan fingerprint density at radius 3 is 2.37 bits per heavy atom. The standard InChI is InChI=1S/C12H9F3N4/c13-12(14,15)11-10(17)7-19(18-11)6-9-3-1-8(5-16)2-4-9/h1-4,7H,6,17H2. The molecule has 0 fully saturated rings. The third-order valence-electron chi connectivity index (χ3n) is 2.49. The number of rotatable bonds is 2. The Labute approximate surface area is 106 Å². The molecule has 0 radical (unpaired) electrons. The van der Waals surface area contributed by atoms with Gasteiger partial charge in [0.05, 0.1) is 23.9 Å². The second kappa shape index (κ2) is 4.65. The minimum Gasteiger partial charge on any atom is -0.396 e. The maximum Gasteiger partial charge on any atom is 0.437 e. The molecule has 1 aromatic carbocycles. The molecule has 98 valence electrons. The number of hydrogen-bond donors (Lipinski definition) is 1. The number of nitriles is 1. The molecule has 0 atom stereocenters. The Hall–Kier alpha value is -2.49. The van der Waals surface area contributed by atoms with E-state index in [-0.39, 0.29) is 6.54 Å². The molecular formula is C12H9F3N4. The van der Waals surface area contributed by atoms with E-state index in [1.54, 1.807) is 24.3 Å². The van der Waals surface area contributed by atoms with Crippen molar-refractivity contribution in [2.45, 2.75) is 12.7 Å². The van der Waals surface area contributed by atoms with E-state index >= 15 is 0 Å². The molecule has 0 aliphatic heterocycles. The van der Waals surface area contributed by atoms with Gasteiger partial charge in [0.2, 0.25) is 0 Å². The van der Waals surface area contributed by atoms with Crippen molar-refractivity contribution in [2.75, 3.05) is 5.73 Å². The van der Waals surface area contributed by atoms with Gasteiger partial charge in [-0.3, -0.25) is 4.68 Å². The molecule has 0 saturated carbocycles. The lowest BCUT2D eigenvalue weighted by molar-refractivity contribution is -0.140. The molecule has 0 bridgehead atoms. The van der Waals surface area contributed by atoms with E-state index < -0.39 is 17.6 Å². The van der Waals surface area contributed by atoms with E-state index in [2.05, 4.69) is 5.10 Å². The van der Waals surface area contributed by atoms with Gasteiger partial charge < -0.3 is 5.73 Å². The fourth-order valence-corrected chi connectivity index (χ4v) is 1.61. The van der Waals surface area contributed by atoms with Crippen molar-refractivity contribution < 1.29 is 13.2 Å². The van der Waals surface area contributed by atoms with E-state index in [9.17, 15) is 13.2 Å². The van der Waals surface area contributed by atoms with Crippen LogP contribution >= 0.6 is 0 Å². The summed E-state index contributed by atoms with van der Waals surface area (Å²) in [5, 5.41) is 12.1. The maximum atomic E-state index is 12.5. The van der Waals surface area contributed by atoms with Crippen molar-refractivity contribution in [1.29, 1.82) is 5.26 Å². The topological polar surface area (TPSA) is 67.6 Å². The van der Waals surface area contributed by atoms with Gasteiger partial charge in [0.25, 0.3) is 0 Å². The van der Waals surface area contributed by atoms with Crippen molar-refractivity contribution >= 4 is 5.69 Å². The van der Waals surface area contributed by atoms with Crippen molar-refractivity contribution in [1.82, 2.24) is 9.78 Å². The Morgan fingerprint density at radius 1 is 1.26 bits per heavy atom. The first-order valence-corrected chi connectivity index (χ1v) is 5.29. The van der Waals surface area contributed by atoms with E-state index in [0.717, 1.165) is 16.4 Å². The highest BCUT2D eigenvalue weighted by Crippen LogP contribution is 2.31. The van der Waals surface area contributed by atoms with Gasteiger partial charge in [-0.2, -0.15) is 23.5 Å². The van der Waals surface area contributed by atoms with Gasteiger partial charge in [0.1, 0.15) is 0 Å². The molecule has 0 aliphatic carbocycles. The van der Waals surface area contributed by atoms with Crippen LogP contribution < -0.4 is 5.73 Å². The molecular weight excluding hydrogens is 257 g/mol. The number of alkyl halides is 3. The van der Waals surface area contributed by atoms with Gasteiger partial charge in [0.15, 0.2) is 5.69 Å². The quantitative estimate of drug-likeness (QED) is 0.907. The van der Waals surface area contributed by atoms with Crippen LogP contribution in [0.5, 0.6) is 0 Å². The van der Waals surface area contributed by atoms with Crippen LogP contribution in [0.15, 0.2) is 30.5 Å². The van der Waals surface area contributed by atoms with Gasteiger partial charge in [-0.1, -0.05) is 12.1 Å². The molecule has 2 rings (SSSR count). The predicted molar refractivity (Wildman–Crippen MR) is 61.9 cm³/mol. The van der Waals surface area contributed by atoms with E-state index in [1.807, 2.05) is 6.07 Å². The van der Waals surface area contributed by atoms with Crippen molar-refractivity contribution in [3.05, 3.63) is 47.3 Å². The van der Waals surface area contributed by atoms with E-state index in [4.69, 9.17) is 11.0 Å². The predicted octanol–water partition coefficient (Wildman–Crippen LogP) is 2.40. The summed E-state index contributed by atoms with van der Waals surface area (Å²) >= 11 is 0. The first kappa shape index (κ1) is 13.0. The summed E-state index contributed by atoms with van der Waals surface area (Å²) in [7, 11) is 0. The minimum atomic E-state index is -4.56. The van der Waals surface area contributed by atoms with Crippen LogP contribution in [0.4, 0.5) is 18.9 Å². The van der Waals surface area contributed by atoms with Crippen LogP contribution in [0.3, 0.4) is 0 Å². The van der Waals surface area contributed by atoms with E-state index in [1.165, 1.54) is 0 Å². The number of aromatic nitrogens is 2. The molecule has 7 heteroatoms. The second-order valence-electron chi connectivity index (χ2n) is 3.94. The Bertz CT molecular complexity index is 620. The molecule has 0 spiro atoms. The number of nitrogen functional groups attached to an aromatic ring is 1. The third-order valence-corrected chi connectivity index (χ3v) is 2.49. The summed E-state index contributed by atoms with van der Waals surface area (Å²) in [6, 6.07) is 8.45. The summed E-state index contributed by atoms with van der Waals surface area (Å²) in [6.07, 6.45) is -3.42. The lowest BCUT2D eigenvalue weighted by Gasteiger charge is -2.03. The maximum absolute atomic E-state index is 12.5. The SMILES string of the molecule is N#Cc1ccc(Cn2cc(N)c(C(F)(F)F)n2)cc1. The Kier molecular flexibility index (Phi) is 3.17. The lowest BCUT2D eigenvalue weighted by Crippen LogP contribution is -2.10. The highest BCUT2D eigenvalue weighted by atomic mass is 19.4. The summed E-state index contributed by atoms with van der Waals surface area (Å²) in [5.74, 6) is 0. The van der Waals surface area contributed by atoms with Gasteiger partial charge >= 0.3 is 6.18 Å². The highest BCUT2D eigenvalue weighted by molar-refractivity contribution is 5.42. The van der Waals surface area contributed by atoms with Gasteiger partial charge in [0, 0.05) is 6.20 Å². The van der Waals surface area contributed by atoms with Crippen LogP contribution in [0.1, 0.15) is 16.8 Å². The van der Waals surface area contributed by atoms with Crippen molar-refractivity contribution in [3.63, 3.8) is 0 Å². The number of halogens is 3. The number of hydrogen-bond acceptors (Lipinski definition) is 3. The monoisotopic (exact) mass is 266 g/mol. The van der Waals surface area contributed by atoms with Gasteiger partial charge in [-0.25, -0.2) is 0 Å². The minimum absolute atomic E-state index is 0.159. The fourth-order valence-electron chi connectivity index (χ4n) is 1.61. The van der Waals surface area contributed by atoms with Crippen LogP contribution in [0.2, 0.25) is 0 Å². The summed E-state index contributed by atoms with van der Waals surface area (Å²) < 4.78 is 38.6. The van der Waals surface area contributed by atoms with Crippen LogP contribution in [0, 0.1) is 11.3 Å². The summed E-state index contributed by atoms with van der Waals surface area (Å²) in [4.78, 5) is 0. The second-order valence-corrected chi connectivity index (χ2v) is 3.94. The zero-order valence-electron chi connectivity index (χ0n) is 9.65. The highest BCUT2D eigenvalue weighted by Gasteiger charge is 2.36. The molecule has 1 heterocycles. The van der Waals surface area contributed by atoms with Crippen LogP contribution in [-0.4, -0.2) is 9.78 Å². The molecule has 2 aromatic rings. The van der Waals surface area contributed by atoms with Crippen LogP contribution in [0.25, 0.3) is 0 Å². The Morgan fingerprint density at radius 2 is 1.89 bits per heavy atom. The number of nitrogens with two attached hydrogens (primary N) is 1. The smallest absolute Gasteiger partial charge is 0.396 e. The van der Waals surface area contributed by atoms with Crippen molar-refractivity contribution in [2.24, 2.45) is 0 Å². The first-order chi connectivity index (χ1) is 8.90. The molecule has 0 aliphatic rings. The van der Waals surface area contributed by atoms with E-state index in [0.29, 0.717) is 5.56 Å². The van der Waals surface area contributed by atoms with Gasteiger partial charge in [-0.15, -0.1) is 0 Å². The number of nitrogens with zero attached hydrogens (tertiary/aromatic N) is 3. The first-order valence-electron chi connectivity index (χ1n) is 5.29. The molecule has 0 amide bonds. The molecule has 0 saturated heterocycles. The molecule has 19 heavy (non-hydrogen) atoms. The average Bonchev–Trinajstić information content (AvgIpc) is 2.71. The zero-order valence-corrected chi connectivity index (χ0v) is 9.65. The summed E-state index contributed by atoms with van der Waals surface area (Å²) in [6.45, 7) is 0.159. The fraction of sp³-hybridized carbons (Fsp3) is 0.167. The van der Waals surface area contributed by atoms with Crippen LogP contribution in [-0.2, 0) is 12.7 Å². The molecule has 2 N–H and O–H groups in total. The molecule has 4 nitrogen and oxygen atoms in total. The van der Waals surface area contributed by atoms with Crippen molar-refractivity contribution in [3.8, 4) is 6.07 Å². The zero-order chi connectivity index (χ0) is 14.0. The largest absolute Gasteiger partial charge is 0.437 e. The third kappa shape index (κ3) is 2.85. The number of benzene rings is 1.